The molecule has 2 N–H and O–H groups in total. The number of carbonyl (C=O) groups excluding carboxylic acids is 1. The fourth-order valence-electron chi connectivity index (χ4n) is 2.56. The van der Waals surface area contributed by atoms with E-state index in [1.54, 1.807) is 6.92 Å². The van der Waals surface area contributed by atoms with Gasteiger partial charge in [-0.15, -0.1) is 0 Å². The molecule has 0 aromatic heterocycles. The van der Waals surface area contributed by atoms with Crippen molar-refractivity contribution < 1.29 is 19.0 Å². The zero-order valence-electron chi connectivity index (χ0n) is 15.4. The molecule has 0 heterocycles. The van der Waals surface area contributed by atoms with E-state index >= 15 is 0 Å². The van der Waals surface area contributed by atoms with Crippen LogP contribution in [0, 0.1) is 0 Å². The van der Waals surface area contributed by atoms with E-state index in [1.165, 1.54) is 0 Å². The van der Waals surface area contributed by atoms with E-state index in [4.69, 9.17) is 19.9 Å². The lowest BCUT2D eigenvalue weighted by Crippen LogP contribution is -2.29. The van der Waals surface area contributed by atoms with Crippen LogP contribution in [-0.2, 0) is 20.7 Å². The quantitative estimate of drug-likeness (QED) is 0.661. The SMILES string of the molecule is CCOC(=O)C(Cc1ccc(OCC(N)c2ccccc2)cc1)OCC. The molecule has 26 heavy (non-hydrogen) atoms. The van der Waals surface area contributed by atoms with E-state index in [0.29, 0.717) is 26.2 Å². The molecule has 0 aliphatic carbocycles. The van der Waals surface area contributed by atoms with Crippen LogP contribution in [0.5, 0.6) is 5.75 Å². The predicted molar refractivity (Wildman–Crippen MR) is 101 cm³/mol. The molecule has 5 heteroatoms. The van der Waals surface area contributed by atoms with Crippen LogP contribution in [0.15, 0.2) is 54.6 Å². The Labute approximate surface area is 155 Å². The van der Waals surface area contributed by atoms with Crippen molar-refractivity contribution >= 4 is 5.97 Å². The number of hydrogen-bond acceptors (Lipinski definition) is 5. The topological polar surface area (TPSA) is 70.8 Å². The third-order valence-corrected chi connectivity index (χ3v) is 3.92. The highest BCUT2D eigenvalue weighted by Crippen LogP contribution is 2.17. The average molecular weight is 357 g/mol. The molecule has 0 saturated heterocycles. The summed E-state index contributed by atoms with van der Waals surface area (Å²) in [6.45, 7) is 4.85. The van der Waals surface area contributed by atoms with Gasteiger partial charge < -0.3 is 19.9 Å². The van der Waals surface area contributed by atoms with Crippen molar-refractivity contribution in [2.75, 3.05) is 19.8 Å². The molecule has 2 atom stereocenters. The molecule has 140 valence electrons. The van der Waals surface area contributed by atoms with Gasteiger partial charge in [0.15, 0.2) is 6.10 Å². The minimum absolute atomic E-state index is 0.179. The summed E-state index contributed by atoms with van der Waals surface area (Å²) in [4.78, 5) is 11.9. The van der Waals surface area contributed by atoms with Gasteiger partial charge in [-0.25, -0.2) is 4.79 Å². The van der Waals surface area contributed by atoms with Crippen LogP contribution in [0.2, 0.25) is 0 Å². The van der Waals surface area contributed by atoms with Crippen molar-refractivity contribution in [3.8, 4) is 5.75 Å². The second-order valence-corrected chi connectivity index (χ2v) is 5.87. The summed E-state index contributed by atoms with van der Waals surface area (Å²) in [5.74, 6) is 0.410. The largest absolute Gasteiger partial charge is 0.492 e. The Morgan fingerprint density at radius 3 is 2.31 bits per heavy atom. The number of nitrogens with two attached hydrogens (primary N) is 1. The van der Waals surface area contributed by atoms with Gasteiger partial charge in [-0.2, -0.15) is 0 Å². The highest BCUT2D eigenvalue weighted by molar-refractivity contribution is 5.75. The van der Waals surface area contributed by atoms with Crippen LogP contribution in [0.4, 0.5) is 0 Å². The lowest BCUT2D eigenvalue weighted by atomic mass is 10.1. The minimum atomic E-state index is -0.585. The van der Waals surface area contributed by atoms with Crippen LogP contribution in [0.25, 0.3) is 0 Å². The third kappa shape index (κ3) is 6.17. The first-order valence-electron chi connectivity index (χ1n) is 8.94. The van der Waals surface area contributed by atoms with Gasteiger partial charge in [0, 0.05) is 13.0 Å². The summed E-state index contributed by atoms with van der Waals surface area (Å²) in [6, 6.07) is 17.3. The Balaban J connectivity index is 1.89. The second-order valence-electron chi connectivity index (χ2n) is 5.87. The molecule has 2 aromatic carbocycles. The second kappa shape index (κ2) is 10.6. The number of hydrogen-bond donors (Lipinski definition) is 1. The van der Waals surface area contributed by atoms with E-state index in [2.05, 4.69) is 0 Å². The molecule has 5 nitrogen and oxygen atoms in total. The monoisotopic (exact) mass is 357 g/mol. The smallest absolute Gasteiger partial charge is 0.335 e. The predicted octanol–water partition coefficient (Wildman–Crippen LogP) is 3.28. The van der Waals surface area contributed by atoms with Crippen molar-refractivity contribution in [2.45, 2.75) is 32.4 Å². The molecule has 0 radical (unpaired) electrons. The van der Waals surface area contributed by atoms with Crippen molar-refractivity contribution in [3.63, 3.8) is 0 Å². The molecule has 2 unspecified atom stereocenters. The summed E-state index contributed by atoms with van der Waals surface area (Å²) >= 11 is 0. The molecule has 0 saturated carbocycles. The van der Waals surface area contributed by atoms with Crippen LogP contribution in [-0.4, -0.2) is 31.9 Å². The van der Waals surface area contributed by atoms with Gasteiger partial charge in [0.2, 0.25) is 0 Å². The number of ether oxygens (including phenoxy) is 3. The van der Waals surface area contributed by atoms with Crippen molar-refractivity contribution in [1.82, 2.24) is 0 Å². The molecule has 0 amide bonds. The highest BCUT2D eigenvalue weighted by Gasteiger charge is 2.20. The van der Waals surface area contributed by atoms with Gasteiger partial charge in [0.1, 0.15) is 12.4 Å². The number of benzene rings is 2. The van der Waals surface area contributed by atoms with Crippen LogP contribution < -0.4 is 10.5 Å². The zero-order chi connectivity index (χ0) is 18.8. The number of carbonyl (C=O) groups is 1. The lowest BCUT2D eigenvalue weighted by molar-refractivity contribution is -0.156. The summed E-state index contributed by atoms with van der Waals surface area (Å²) in [7, 11) is 0. The maximum atomic E-state index is 11.9. The maximum absolute atomic E-state index is 11.9. The molecule has 0 aliphatic heterocycles. The summed E-state index contributed by atoms with van der Waals surface area (Å²) in [5.41, 5.74) is 8.16. The van der Waals surface area contributed by atoms with E-state index in [9.17, 15) is 4.79 Å². The molecular weight excluding hydrogens is 330 g/mol. The third-order valence-electron chi connectivity index (χ3n) is 3.92. The van der Waals surface area contributed by atoms with Crippen LogP contribution >= 0.6 is 0 Å². The fraction of sp³-hybridized carbons (Fsp3) is 0.381. The van der Waals surface area contributed by atoms with E-state index < -0.39 is 6.10 Å². The summed E-state index contributed by atoms with van der Waals surface area (Å²) in [5, 5.41) is 0. The molecular formula is C21H27NO4. The fourth-order valence-corrected chi connectivity index (χ4v) is 2.56. The standard InChI is InChI=1S/C21H27NO4/c1-3-24-20(21(23)25-4-2)14-16-10-12-18(13-11-16)26-15-19(22)17-8-6-5-7-9-17/h5-13,19-20H,3-4,14-15,22H2,1-2H3. The van der Waals surface area contributed by atoms with Gasteiger partial charge in [-0.1, -0.05) is 42.5 Å². The molecule has 0 spiro atoms. The number of esters is 1. The van der Waals surface area contributed by atoms with Crippen molar-refractivity contribution in [2.24, 2.45) is 5.73 Å². The Hall–Kier alpha value is -2.37. The van der Waals surface area contributed by atoms with Gasteiger partial charge in [-0.05, 0) is 37.1 Å². The van der Waals surface area contributed by atoms with Crippen LogP contribution in [0.1, 0.15) is 31.0 Å². The normalized spacial score (nSPS) is 13.0. The first-order chi connectivity index (χ1) is 12.6. The lowest BCUT2D eigenvalue weighted by Gasteiger charge is -2.16. The van der Waals surface area contributed by atoms with E-state index in [-0.39, 0.29) is 12.0 Å². The van der Waals surface area contributed by atoms with Crippen LogP contribution in [0.3, 0.4) is 0 Å². The summed E-state index contributed by atoms with van der Waals surface area (Å²) in [6.07, 6.45) is -0.116. The van der Waals surface area contributed by atoms with Gasteiger partial charge >= 0.3 is 5.97 Å². The Kier molecular flexibility index (Phi) is 8.12. The molecule has 0 aliphatic rings. The first kappa shape index (κ1) is 19.9. The average Bonchev–Trinajstić information content (AvgIpc) is 2.67. The van der Waals surface area contributed by atoms with E-state index in [0.717, 1.165) is 16.9 Å². The summed E-state index contributed by atoms with van der Waals surface area (Å²) < 4.78 is 16.3. The zero-order valence-corrected chi connectivity index (χ0v) is 15.4. The highest BCUT2D eigenvalue weighted by atomic mass is 16.6. The van der Waals surface area contributed by atoms with E-state index in [1.807, 2.05) is 61.5 Å². The van der Waals surface area contributed by atoms with Crippen molar-refractivity contribution in [3.05, 3.63) is 65.7 Å². The maximum Gasteiger partial charge on any atom is 0.335 e. The molecule has 2 rings (SSSR count). The Morgan fingerprint density at radius 2 is 1.69 bits per heavy atom. The van der Waals surface area contributed by atoms with Crippen molar-refractivity contribution in [1.29, 1.82) is 0 Å². The van der Waals surface area contributed by atoms with Gasteiger partial charge in [-0.3, -0.25) is 0 Å². The Morgan fingerprint density at radius 1 is 1.00 bits per heavy atom. The molecule has 2 aromatic rings. The minimum Gasteiger partial charge on any atom is -0.492 e. The first-order valence-corrected chi connectivity index (χ1v) is 8.94. The number of rotatable bonds is 10. The molecule has 0 fully saturated rings. The molecule has 0 bridgehead atoms. The Bertz CT molecular complexity index is 657. The van der Waals surface area contributed by atoms with Gasteiger partial charge in [0.05, 0.1) is 12.6 Å². The van der Waals surface area contributed by atoms with Gasteiger partial charge in [0.25, 0.3) is 0 Å².